The van der Waals surface area contributed by atoms with Crippen LogP contribution in [0.25, 0.3) is 0 Å². The van der Waals surface area contributed by atoms with Crippen molar-refractivity contribution in [1.29, 1.82) is 0 Å². The molecule has 0 saturated carbocycles. The second-order valence-corrected chi connectivity index (χ2v) is 13.0. The third-order valence-corrected chi connectivity index (χ3v) is 9.13. The van der Waals surface area contributed by atoms with Crippen LogP contribution in [0, 0.1) is 5.92 Å². The Labute approximate surface area is 299 Å². The van der Waals surface area contributed by atoms with Crippen LogP contribution in [0.2, 0.25) is 0 Å². The lowest BCUT2D eigenvalue weighted by Crippen LogP contribution is -2.58. The lowest BCUT2D eigenvalue weighted by molar-refractivity contribution is -0.132. The van der Waals surface area contributed by atoms with Gasteiger partial charge in [0.15, 0.2) is 0 Å². The summed E-state index contributed by atoms with van der Waals surface area (Å²) in [5.74, 6) is -1.58. The van der Waals surface area contributed by atoms with Gasteiger partial charge in [-0.25, -0.2) is 0 Å². The molecular formula is C39H49N5O7. The second kappa shape index (κ2) is 18.6. The van der Waals surface area contributed by atoms with Crippen LogP contribution in [-0.4, -0.2) is 77.9 Å². The average molecular weight is 700 g/mol. The molecule has 2 aliphatic rings. The third kappa shape index (κ3) is 11.3. The van der Waals surface area contributed by atoms with Crippen molar-refractivity contribution in [2.24, 2.45) is 5.92 Å². The van der Waals surface area contributed by atoms with Gasteiger partial charge in [0.05, 0.1) is 13.5 Å². The summed E-state index contributed by atoms with van der Waals surface area (Å²) in [4.78, 5) is 69.1. The Bertz CT molecular complexity index is 1660. The predicted octanol–water partition coefficient (Wildman–Crippen LogP) is 3.26. The number of carbonyl (C=O) groups is 5. The van der Waals surface area contributed by atoms with Crippen molar-refractivity contribution in [1.82, 2.24) is 26.2 Å². The van der Waals surface area contributed by atoms with E-state index in [9.17, 15) is 29.1 Å². The summed E-state index contributed by atoms with van der Waals surface area (Å²) >= 11 is 0. The maximum absolute atomic E-state index is 13.8. The van der Waals surface area contributed by atoms with E-state index in [0.29, 0.717) is 55.8 Å². The molecule has 0 aliphatic carbocycles. The molecule has 0 spiro atoms. The molecule has 5 rings (SSSR count). The standard InChI is InChI=1S/C39H49N5O7/c1-5-25(2)35-39(50)42-33(22-27-13-17-32(51-4)18-14-27)38(49)41-26(3)36(47)40-19-6-7-20-44(34(46)23-29-9-8-10-31(45)21-29)24-28-11-15-30(16-12-28)37(48)43-35/h8-18,21,25-26,33,35,45H,5-7,19-20,22-24H2,1-4H3,(H,40,47)(H,41,49)(H,42,50)(H,43,48)/t25-,26+,33-,35?/m0/s1. The van der Waals surface area contributed by atoms with Gasteiger partial charge in [-0.2, -0.15) is 0 Å². The number of benzene rings is 3. The van der Waals surface area contributed by atoms with E-state index in [0.717, 1.165) is 11.1 Å². The molecule has 0 radical (unpaired) electrons. The first-order chi connectivity index (χ1) is 24.5. The number of nitrogens with one attached hydrogen (secondary N) is 4. The molecule has 5 amide bonds. The van der Waals surface area contributed by atoms with E-state index in [1.54, 1.807) is 91.7 Å². The summed E-state index contributed by atoms with van der Waals surface area (Å²) in [6, 6.07) is 17.7. The molecule has 1 unspecified atom stereocenters. The van der Waals surface area contributed by atoms with Crippen molar-refractivity contribution >= 4 is 29.5 Å². The summed E-state index contributed by atoms with van der Waals surface area (Å²) in [5, 5.41) is 21.2. The van der Waals surface area contributed by atoms with Gasteiger partial charge in [-0.3, -0.25) is 24.0 Å². The molecule has 2 bridgehead atoms. The quantitative estimate of drug-likeness (QED) is 0.236. The Hall–Kier alpha value is -5.39. The van der Waals surface area contributed by atoms with Crippen molar-refractivity contribution in [2.45, 2.75) is 77.5 Å². The van der Waals surface area contributed by atoms with Gasteiger partial charge in [-0.05, 0) is 78.8 Å². The Kier molecular flexibility index (Phi) is 14.0. The summed E-state index contributed by atoms with van der Waals surface area (Å²) < 4.78 is 5.25. The van der Waals surface area contributed by atoms with Crippen LogP contribution in [0.3, 0.4) is 0 Å². The van der Waals surface area contributed by atoms with Crippen molar-refractivity contribution in [3.8, 4) is 11.5 Å². The largest absolute Gasteiger partial charge is 0.508 e. The fourth-order valence-electron chi connectivity index (χ4n) is 5.79. The van der Waals surface area contributed by atoms with Gasteiger partial charge in [-0.1, -0.05) is 56.7 Å². The topological polar surface area (TPSA) is 166 Å². The number of phenols is 1. The Morgan fingerprint density at radius 1 is 0.902 bits per heavy atom. The van der Waals surface area contributed by atoms with Crippen LogP contribution < -0.4 is 26.0 Å². The molecule has 0 fully saturated rings. The van der Waals surface area contributed by atoms with Gasteiger partial charge in [0, 0.05) is 31.6 Å². The molecule has 3 aromatic rings. The van der Waals surface area contributed by atoms with Gasteiger partial charge >= 0.3 is 0 Å². The summed E-state index contributed by atoms with van der Waals surface area (Å²) in [6.07, 6.45) is 1.99. The van der Waals surface area contributed by atoms with Crippen molar-refractivity contribution < 1.29 is 33.8 Å². The first kappa shape index (κ1) is 38.4. The van der Waals surface area contributed by atoms with Crippen molar-refractivity contribution in [3.05, 3.63) is 95.1 Å². The Balaban J connectivity index is 1.59. The summed E-state index contributed by atoms with van der Waals surface area (Å²) in [5.41, 5.74) is 2.60. The number of nitrogens with zero attached hydrogens (tertiary/aromatic N) is 1. The molecular weight excluding hydrogens is 650 g/mol. The maximum atomic E-state index is 13.8. The zero-order valence-corrected chi connectivity index (χ0v) is 29.7. The van der Waals surface area contributed by atoms with Crippen LogP contribution in [0.5, 0.6) is 11.5 Å². The zero-order chi connectivity index (χ0) is 36.9. The summed E-state index contributed by atoms with van der Waals surface area (Å²) in [7, 11) is 1.56. The molecule has 5 N–H and O–H groups in total. The molecule has 2 aliphatic heterocycles. The highest BCUT2D eigenvalue weighted by molar-refractivity contribution is 5.99. The molecule has 12 nitrogen and oxygen atoms in total. The lowest BCUT2D eigenvalue weighted by Gasteiger charge is -2.27. The minimum Gasteiger partial charge on any atom is -0.508 e. The number of amides is 5. The van der Waals surface area contributed by atoms with E-state index >= 15 is 0 Å². The van der Waals surface area contributed by atoms with Crippen LogP contribution in [0.4, 0.5) is 0 Å². The number of methoxy groups -OCH3 is 1. The number of carbonyl (C=O) groups excluding carboxylic acids is 5. The molecule has 12 heteroatoms. The fourth-order valence-corrected chi connectivity index (χ4v) is 5.79. The first-order valence-electron chi connectivity index (χ1n) is 17.4. The Morgan fingerprint density at radius 3 is 2.29 bits per heavy atom. The number of fused-ring (bicyclic) bond motifs is 18. The molecule has 2 heterocycles. The number of rotatable bonds is 7. The molecule has 3 aromatic carbocycles. The highest BCUT2D eigenvalue weighted by Gasteiger charge is 2.31. The minimum atomic E-state index is -1.04. The SMILES string of the molecule is CC[C@H](C)C1NC(=O)c2ccc(cc2)CN(C(=O)Cc2cccc(O)c2)CCCCNC(=O)[C@@H](C)NC(=O)[C@H](Cc2ccc(OC)cc2)NC1=O. The summed E-state index contributed by atoms with van der Waals surface area (Å²) in [6.45, 7) is 6.38. The monoisotopic (exact) mass is 699 g/mol. The van der Waals surface area contributed by atoms with E-state index < -0.39 is 35.8 Å². The number of phenolic OH excluding ortho intramolecular Hbond substituents is 1. The van der Waals surface area contributed by atoms with E-state index in [4.69, 9.17) is 4.74 Å². The predicted molar refractivity (Wildman–Crippen MR) is 193 cm³/mol. The van der Waals surface area contributed by atoms with Crippen LogP contribution >= 0.6 is 0 Å². The molecule has 0 saturated heterocycles. The highest BCUT2D eigenvalue weighted by atomic mass is 16.5. The second-order valence-electron chi connectivity index (χ2n) is 13.0. The van der Waals surface area contributed by atoms with Crippen molar-refractivity contribution in [3.63, 3.8) is 0 Å². The Morgan fingerprint density at radius 2 is 1.63 bits per heavy atom. The van der Waals surface area contributed by atoms with Gasteiger partial charge in [0.2, 0.25) is 23.6 Å². The number of ether oxygens (including phenoxy) is 1. The molecule has 272 valence electrons. The van der Waals surface area contributed by atoms with Gasteiger partial charge in [0.25, 0.3) is 5.91 Å². The molecule has 0 aromatic heterocycles. The number of hydrogen-bond acceptors (Lipinski definition) is 7. The normalized spacial score (nSPS) is 20.2. The number of aromatic hydroxyl groups is 1. The minimum absolute atomic E-state index is 0.0815. The van der Waals surface area contributed by atoms with E-state index in [1.165, 1.54) is 0 Å². The van der Waals surface area contributed by atoms with E-state index in [1.807, 2.05) is 13.8 Å². The van der Waals surface area contributed by atoms with E-state index in [-0.39, 0.29) is 36.3 Å². The first-order valence-corrected chi connectivity index (χ1v) is 17.4. The zero-order valence-electron chi connectivity index (χ0n) is 29.7. The van der Waals surface area contributed by atoms with Crippen LogP contribution in [0.15, 0.2) is 72.8 Å². The number of hydrogen-bond donors (Lipinski definition) is 5. The third-order valence-electron chi connectivity index (χ3n) is 9.13. The van der Waals surface area contributed by atoms with Crippen LogP contribution in [0.1, 0.15) is 67.1 Å². The van der Waals surface area contributed by atoms with Gasteiger partial charge < -0.3 is 36.0 Å². The molecule has 4 atom stereocenters. The van der Waals surface area contributed by atoms with E-state index in [2.05, 4.69) is 21.3 Å². The van der Waals surface area contributed by atoms with Gasteiger partial charge in [0.1, 0.15) is 29.6 Å². The average Bonchev–Trinajstić information content (AvgIpc) is 3.12. The smallest absolute Gasteiger partial charge is 0.251 e. The fraction of sp³-hybridized carbons (Fsp3) is 0.410. The van der Waals surface area contributed by atoms with Gasteiger partial charge in [-0.15, -0.1) is 0 Å². The lowest BCUT2D eigenvalue weighted by atomic mass is 9.96. The van der Waals surface area contributed by atoms with Crippen LogP contribution in [-0.2, 0) is 38.6 Å². The highest BCUT2D eigenvalue weighted by Crippen LogP contribution is 2.17. The maximum Gasteiger partial charge on any atom is 0.251 e. The molecule has 51 heavy (non-hydrogen) atoms. The van der Waals surface area contributed by atoms with Crippen molar-refractivity contribution in [2.75, 3.05) is 20.2 Å².